The molecule has 1 saturated carbocycles. The van der Waals surface area contributed by atoms with Gasteiger partial charge in [0.25, 0.3) is 0 Å². The van der Waals surface area contributed by atoms with Crippen LogP contribution >= 0.6 is 0 Å². The Morgan fingerprint density at radius 2 is 1.79 bits per heavy atom. The number of hydrogen-bond donors (Lipinski definition) is 2. The molecular formula is C33H41FN4O4. The molecule has 2 N–H and O–H groups in total. The van der Waals surface area contributed by atoms with Gasteiger partial charge in [0.2, 0.25) is 0 Å². The predicted octanol–water partition coefficient (Wildman–Crippen LogP) is 5.14. The van der Waals surface area contributed by atoms with Crippen LogP contribution in [0.15, 0.2) is 48.5 Å². The Kier molecular flexibility index (Phi) is 10.1. The molecule has 9 heteroatoms. The van der Waals surface area contributed by atoms with Gasteiger partial charge in [-0.25, -0.2) is 9.18 Å². The summed E-state index contributed by atoms with van der Waals surface area (Å²) in [5.41, 5.74) is 2.41. The van der Waals surface area contributed by atoms with Gasteiger partial charge in [-0.1, -0.05) is 43.5 Å². The van der Waals surface area contributed by atoms with Gasteiger partial charge in [-0.3, -0.25) is 9.69 Å². The van der Waals surface area contributed by atoms with E-state index < -0.39 is 18.1 Å². The second kappa shape index (κ2) is 14.1. The molecule has 2 aromatic rings. The van der Waals surface area contributed by atoms with Crippen molar-refractivity contribution in [2.75, 3.05) is 32.7 Å². The van der Waals surface area contributed by atoms with E-state index in [2.05, 4.69) is 21.2 Å². The molecule has 1 aliphatic carbocycles. The fourth-order valence-corrected chi connectivity index (χ4v) is 7.14. The van der Waals surface area contributed by atoms with Crippen LogP contribution in [0.1, 0.15) is 67.6 Å². The van der Waals surface area contributed by atoms with Crippen LogP contribution in [-0.2, 0) is 16.1 Å². The zero-order chi connectivity index (χ0) is 29.5. The van der Waals surface area contributed by atoms with Crippen LogP contribution in [0.5, 0.6) is 0 Å². The molecule has 224 valence electrons. The Bertz CT molecular complexity index is 1250. The summed E-state index contributed by atoms with van der Waals surface area (Å²) in [6, 6.07) is 15.4. The largest absolute Gasteiger partial charge is 0.480 e. The lowest BCUT2D eigenvalue weighted by atomic mass is 9.83. The Labute approximate surface area is 247 Å². The van der Waals surface area contributed by atoms with Crippen molar-refractivity contribution in [2.45, 2.75) is 69.6 Å². The van der Waals surface area contributed by atoms with E-state index in [4.69, 9.17) is 10.00 Å². The lowest BCUT2D eigenvalue weighted by Crippen LogP contribution is -2.46. The standard InChI is InChI=1S/C33H41FN4O4/c34-28-8-4-7-26(17-28)30-22-38(31(32(39)40)25-5-2-1-3-6-25)21-27(30)20-37-15-13-29(14-16-37)42-33(41)36-19-24-11-9-23(18-35)10-12-24/h4,7-12,17,25,27,29-31H,1-3,5-6,13-16,19-22H2,(H,36,41)(H,39,40)/t27-,30+,31+/m0/s1. The molecule has 2 saturated heterocycles. The van der Waals surface area contributed by atoms with Gasteiger partial charge in [-0.05, 0) is 72.9 Å². The SMILES string of the molecule is N#Cc1ccc(CNC(=O)OC2CCN(C[C@H]3CN([C@@H](C(=O)O)C4CCCCC4)C[C@@H]3c3cccc(F)c3)CC2)cc1. The molecule has 3 atom stereocenters. The minimum atomic E-state index is -0.740. The molecule has 3 fully saturated rings. The Hall–Kier alpha value is -3.48. The summed E-state index contributed by atoms with van der Waals surface area (Å²) < 4.78 is 19.9. The zero-order valence-corrected chi connectivity index (χ0v) is 24.1. The normalized spacial score (nSPS) is 23.2. The van der Waals surface area contributed by atoms with E-state index >= 15 is 0 Å². The molecule has 0 radical (unpaired) electrons. The number of alkyl carbamates (subject to hydrolysis) is 1. The van der Waals surface area contributed by atoms with Gasteiger partial charge in [0.15, 0.2) is 0 Å². The zero-order valence-electron chi connectivity index (χ0n) is 24.1. The van der Waals surface area contributed by atoms with E-state index in [0.29, 0.717) is 25.2 Å². The first-order chi connectivity index (χ1) is 20.4. The summed E-state index contributed by atoms with van der Waals surface area (Å²) in [4.78, 5) is 29.4. The van der Waals surface area contributed by atoms with E-state index in [-0.39, 0.29) is 29.7 Å². The van der Waals surface area contributed by atoms with Crippen LogP contribution in [0.2, 0.25) is 0 Å². The van der Waals surface area contributed by atoms with E-state index in [9.17, 15) is 19.1 Å². The van der Waals surface area contributed by atoms with Crippen LogP contribution in [0.25, 0.3) is 0 Å². The van der Waals surface area contributed by atoms with Crippen LogP contribution in [-0.4, -0.2) is 71.8 Å². The van der Waals surface area contributed by atoms with Crippen LogP contribution in [0.3, 0.4) is 0 Å². The number of ether oxygens (including phenoxy) is 1. The van der Waals surface area contributed by atoms with E-state index in [0.717, 1.165) is 69.3 Å². The maximum absolute atomic E-state index is 14.2. The minimum Gasteiger partial charge on any atom is -0.480 e. The van der Waals surface area contributed by atoms with Crippen LogP contribution in [0, 0.1) is 29.0 Å². The highest BCUT2D eigenvalue weighted by molar-refractivity contribution is 5.74. The molecule has 0 aromatic heterocycles. The predicted molar refractivity (Wildman–Crippen MR) is 156 cm³/mol. The number of benzene rings is 2. The number of carbonyl (C=O) groups excluding carboxylic acids is 1. The second-order valence-corrected chi connectivity index (χ2v) is 12.1. The molecule has 2 aliphatic heterocycles. The lowest BCUT2D eigenvalue weighted by Gasteiger charge is -2.35. The quantitative estimate of drug-likeness (QED) is 0.426. The fraction of sp³-hybridized carbons (Fsp3) is 0.545. The highest BCUT2D eigenvalue weighted by atomic mass is 19.1. The van der Waals surface area contributed by atoms with Crippen LogP contribution in [0.4, 0.5) is 9.18 Å². The number of likely N-dealkylation sites (tertiary alicyclic amines) is 2. The number of hydrogen-bond acceptors (Lipinski definition) is 6. The van der Waals surface area contributed by atoms with Gasteiger partial charge in [-0.2, -0.15) is 5.26 Å². The summed E-state index contributed by atoms with van der Waals surface area (Å²) in [6.45, 7) is 4.01. The summed E-state index contributed by atoms with van der Waals surface area (Å²) >= 11 is 0. The summed E-state index contributed by atoms with van der Waals surface area (Å²) in [7, 11) is 0. The third-order valence-corrected chi connectivity index (χ3v) is 9.31. The molecule has 0 unspecified atom stereocenters. The highest BCUT2D eigenvalue weighted by Crippen LogP contribution is 2.38. The molecule has 5 rings (SSSR count). The van der Waals surface area contributed by atoms with Crippen molar-refractivity contribution >= 4 is 12.1 Å². The number of rotatable bonds is 9. The number of nitrogens with zero attached hydrogens (tertiary/aromatic N) is 3. The minimum absolute atomic E-state index is 0.0631. The molecule has 2 aromatic carbocycles. The first-order valence-corrected chi connectivity index (χ1v) is 15.3. The Morgan fingerprint density at radius 1 is 1.05 bits per heavy atom. The molecular weight excluding hydrogens is 535 g/mol. The molecule has 42 heavy (non-hydrogen) atoms. The van der Waals surface area contributed by atoms with Crippen molar-refractivity contribution < 1.29 is 23.8 Å². The van der Waals surface area contributed by atoms with Crippen molar-refractivity contribution in [3.05, 3.63) is 71.0 Å². The van der Waals surface area contributed by atoms with Crippen molar-refractivity contribution in [1.29, 1.82) is 5.26 Å². The monoisotopic (exact) mass is 576 g/mol. The van der Waals surface area contributed by atoms with Gasteiger partial charge < -0.3 is 20.1 Å². The summed E-state index contributed by atoms with van der Waals surface area (Å²) in [5.74, 6) is -0.587. The average molecular weight is 577 g/mol. The van der Waals surface area contributed by atoms with Gasteiger partial charge in [0.05, 0.1) is 11.6 Å². The second-order valence-electron chi connectivity index (χ2n) is 12.1. The van der Waals surface area contributed by atoms with E-state index in [1.165, 1.54) is 12.5 Å². The number of piperidine rings is 1. The van der Waals surface area contributed by atoms with Gasteiger partial charge in [0, 0.05) is 45.2 Å². The number of nitriles is 1. The topological polar surface area (TPSA) is 106 Å². The third kappa shape index (κ3) is 7.67. The molecule has 3 aliphatic rings. The first-order valence-electron chi connectivity index (χ1n) is 15.3. The molecule has 8 nitrogen and oxygen atoms in total. The smallest absolute Gasteiger partial charge is 0.407 e. The number of aliphatic carboxylic acids is 1. The Morgan fingerprint density at radius 3 is 2.45 bits per heavy atom. The number of amides is 1. The first kappa shape index (κ1) is 30.0. The van der Waals surface area contributed by atoms with Gasteiger partial charge >= 0.3 is 12.1 Å². The van der Waals surface area contributed by atoms with Crippen molar-refractivity contribution in [2.24, 2.45) is 11.8 Å². The number of carboxylic acids is 1. The number of halogens is 1. The third-order valence-electron chi connectivity index (χ3n) is 9.31. The average Bonchev–Trinajstić information content (AvgIpc) is 3.40. The summed E-state index contributed by atoms with van der Waals surface area (Å²) in [6.07, 6.45) is 6.11. The molecule has 1 amide bonds. The Balaban J connectivity index is 1.16. The molecule has 2 heterocycles. The maximum atomic E-state index is 14.2. The maximum Gasteiger partial charge on any atom is 0.407 e. The molecule has 0 bridgehead atoms. The molecule has 0 spiro atoms. The van der Waals surface area contributed by atoms with Gasteiger partial charge in [-0.15, -0.1) is 0 Å². The fourth-order valence-electron chi connectivity index (χ4n) is 7.14. The number of nitrogens with one attached hydrogen (secondary N) is 1. The summed E-state index contributed by atoms with van der Waals surface area (Å²) in [5, 5.41) is 22.0. The van der Waals surface area contributed by atoms with Crippen molar-refractivity contribution in [3.8, 4) is 6.07 Å². The van der Waals surface area contributed by atoms with E-state index in [1.54, 1.807) is 24.3 Å². The van der Waals surface area contributed by atoms with E-state index in [1.807, 2.05) is 18.2 Å². The van der Waals surface area contributed by atoms with Crippen molar-refractivity contribution in [3.63, 3.8) is 0 Å². The highest BCUT2D eigenvalue weighted by Gasteiger charge is 2.43. The van der Waals surface area contributed by atoms with Crippen molar-refractivity contribution in [1.82, 2.24) is 15.1 Å². The van der Waals surface area contributed by atoms with Gasteiger partial charge in [0.1, 0.15) is 18.0 Å². The van der Waals surface area contributed by atoms with Crippen LogP contribution < -0.4 is 5.32 Å². The number of carbonyl (C=O) groups is 2. The lowest BCUT2D eigenvalue weighted by molar-refractivity contribution is -0.145. The number of carboxylic acid groups (broad SMARTS) is 1.